The third-order valence-corrected chi connectivity index (χ3v) is 3.42. The minimum absolute atomic E-state index is 0.185. The first-order valence-corrected chi connectivity index (χ1v) is 7.31. The van der Waals surface area contributed by atoms with Crippen molar-refractivity contribution >= 4 is 29.2 Å². The first kappa shape index (κ1) is 19.4. The van der Waals surface area contributed by atoms with E-state index < -0.39 is 41.0 Å². The monoisotopic (exact) mass is 389 g/mol. The van der Waals surface area contributed by atoms with Gasteiger partial charge in [-0.2, -0.15) is 13.2 Å². The van der Waals surface area contributed by atoms with E-state index in [1.807, 2.05) is 0 Å². The van der Waals surface area contributed by atoms with Gasteiger partial charge in [-0.15, -0.1) is 0 Å². The van der Waals surface area contributed by atoms with E-state index >= 15 is 0 Å². The lowest BCUT2D eigenvalue weighted by Gasteiger charge is -2.12. The zero-order chi connectivity index (χ0) is 19.5. The first-order chi connectivity index (χ1) is 12.1. The van der Waals surface area contributed by atoms with Gasteiger partial charge >= 0.3 is 12.1 Å². The Labute approximate surface area is 149 Å². The molecule has 0 saturated carbocycles. The second-order valence-electron chi connectivity index (χ2n) is 5.02. The number of alkyl halides is 3. The van der Waals surface area contributed by atoms with Gasteiger partial charge < -0.3 is 20.3 Å². The lowest BCUT2D eigenvalue weighted by Crippen LogP contribution is -2.21. The number of carbonyl (C=O) groups excluding carboxylic acids is 2. The minimum atomic E-state index is -4.69. The molecule has 2 rings (SSSR count). The molecule has 3 N–H and O–H groups in total. The summed E-state index contributed by atoms with van der Waals surface area (Å²) in [6.45, 7) is -0.802. The Kier molecular flexibility index (Phi) is 5.61. The zero-order valence-corrected chi connectivity index (χ0v) is 13.6. The third kappa shape index (κ3) is 4.79. The molecule has 26 heavy (non-hydrogen) atoms. The van der Waals surface area contributed by atoms with Crippen LogP contribution in [0.1, 0.15) is 15.9 Å². The van der Waals surface area contributed by atoms with E-state index in [9.17, 15) is 27.9 Å². The smallest absolute Gasteiger partial charge is 0.417 e. The maximum absolute atomic E-state index is 12.8. The fourth-order valence-electron chi connectivity index (χ4n) is 1.92. The standard InChI is InChI=1S/C16H11ClF3NO5/c17-12-4-1-8(5-11(12)16(18,19)20)21-14(24)7-26-15(25)10-3-2-9(22)6-13(10)23/h1-6,22-23H,7H2,(H,21,24). The van der Waals surface area contributed by atoms with Crippen molar-refractivity contribution in [2.75, 3.05) is 11.9 Å². The highest BCUT2D eigenvalue weighted by molar-refractivity contribution is 6.31. The Hall–Kier alpha value is -2.94. The zero-order valence-electron chi connectivity index (χ0n) is 12.8. The van der Waals surface area contributed by atoms with Crippen molar-refractivity contribution in [2.45, 2.75) is 6.18 Å². The summed E-state index contributed by atoms with van der Waals surface area (Å²) < 4.78 is 43.0. The number of benzene rings is 2. The van der Waals surface area contributed by atoms with E-state index in [2.05, 4.69) is 10.1 Å². The Morgan fingerprint density at radius 2 is 1.81 bits per heavy atom. The van der Waals surface area contributed by atoms with Crippen molar-refractivity contribution in [3.05, 3.63) is 52.5 Å². The summed E-state index contributed by atoms with van der Waals surface area (Å²) >= 11 is 5.47. The van der Waals surface area contributed by atoms with Gasteiger partial charge in [0.15, 0.2) is 6.61 Å². The molecule has 0 radical (unpaired) electrons. The lowest BCUT2D eigenvalue weighted by molar-refractivity contribution is -0.137. The van der Waals surface area contributed by atoms with Gasteiger partial charge in [-0.3, -0.25) is 4.79 Å². The van der Waals surface area contributed by atoms with E-state index in [1.54, 1.807) is 0 Å². The number of nitrogens with one attached hydrogen (secondary N) is 1. The quantitative estimate of drug-likeness (QED) is 0.695. The van der Waals surface area contributed by atoms with Crippen LogP contribution in [0.4, 0.5) is 18.9 Å². The lowest BCUT2D eigenvalue weighted by atomic mass is 10.2. The van der Waals surface area contributed by atoms with Gasteiger partial charge in [0.25, 0.3) is 5.91 Å². The molecule has 138 valence electrons. The minimum Gasteiger partial charge on any atom is -0.508 e. The molecule has 1 amide bonds. The van der Waals surface area contributed by atoms with Gasteiger partial charge in [0.1, 0.15) is 17.1 Å². The summed E-state index contributed by atoms with van der Waals surface area (Å²) in [5.74, 6) is -2.78. The Morgan fingerprint density at radius 3 is 2.42 bits per heavy atom. The SMILES string of the molecule is O=C(COC(=O)c1ccc(O)cc1O)Nc1ccc(Cl)c(C(F)(F)F)c1. The molecule has 0 spiro atoms. The van der Waals surface area contributed by atoms with E-state index in [0.717, 1.165) is 30.3 Å². The summed E-state index contributed by atoms with van der Waals surface area (Å²) in [4.78, 5) is 23.5. The maximum Gasteiger partial charge on any atom is 0.417 e. The number of carbonyl (C=O) groups is 2. The number of phenolic OH excluding ortho intramolecular Hbond substituents is 2. The van der Waals surface area contributed by atoms with E-state index in [-0.39, 0.29) is 17.0 Å². The molecule has 0 saturated heterocycles. The Balaban J connectivity index is 2.00. The Bertz CT molecular complexity index is 854. The normalized spacial score (nSPS) is 11.1. The van der Waals surface area contributed by atoms with Crippen molar-refractivity contribution in [2.24, 2.45) is 0 Å². The predicted octanol–water partition coefficient (Wildman–Crippen LogP) is 3.57. The number of amides is 1. The van der Waals surface area contributed by atoms with Gasteiger partial charge in [0.2, 0.25) is 0 Å². The number of aromatic hydroxyl groups is 2. The Morgan fingerprint density at radius 1 is 1.12 bits per heavy atom. The number of esters is 1. The number of ether oxygens (including phenoxy) is 1. The molecule has 0 bridgehead atoms. The molecule has 0 fully saturated rings. The van der Waals surface area contributed by atoms with Gasteiger partial charge in [-0.25, -0.2) is 4.79 Å². The molecule has 0 heterocycles. The second kappa shape index (κ2) is 7.52. The molecule has 10 heteroatoms. The second-order valence-corrected chi connectivity index (χ2v) is 5.43. The molecule has 0 aliphatic rings. The predicted molar refractivity (Wildman–Crippen MR) is 85.1 cm³/mol. The largest absolute Gasteiger partial charge is 0.508 e. The van der Waals surface area contributed by atoms with Crippen LogP contribution in [0, 0.1) is 0 Å². The topological polar surface area (TPSA) is 95.9 Å². The average Bonchev–Trinajstić information content (AvgIpc) is 2.53. The molecule has 0 unspecified atom stereocenters. The van der Waals surface area contributed by atoms with Crippen LogP contribution in [0.3, 0.4) is 0 Å². The van der Waals surface area contributed by atoms with Crippen LogP contribution in [0.2, 0.25) is 5.02 Å². The number of halogens is 4. The number of hydrogen-bond acceptors (Lipinski definition) is 5. The molecule has 2 aromatic rings. The van der Waals surface area contributed by atoms with Crippen LogP contribution in [0.25, 0.3) is 0 Å². The molecule has 0 aromatic heterocycles. The molecular weight excluding hydrogens is 379 g/mol. The fraction of sp³-hybridized carbons (Fsp3) is 0.125. The molecule has 6 nitrogen and oxygen atoms in total. The summed E-state index contributed by atoms with van der Waals surface area (Å²) in [5.41, 5.74) is -1.60. The first-order valence-electron chi connectivity index (χ1n) is 6.93. The van der Waals surface area contributed by atoms with Crippen LogP contribution in [-0.2, 0) is 15.7 Å². The average molecular weight is 390 g/mol. The number of hydrogen-bond donors (Lipinski definition) is 3. The number of phenols is 2. The molecular formula is C16H11ClF3NO5. The number of rotatable bonds is 4. The molecule has 2 aromatic carbocycles. The van der Waals surface area contributed by atoms with Crippen LogP contribution in [-0.4, -0.2) is 28.7 Å². The van der Waals surface area contributed by atoms with Gasteiger partial charge in [0, 0.05) is 11.8 Å². The summed E-state index contributed by atoms with van der Waals surface area (Å²) in [7, 11) is 0. The highest BCUT2D eigenvalue weighted by Crippen LogP contribution is 2.36. The maximum atomic E-state index is 12.8. The highest BCUT2D eigenvalue weighted by atomic mass is 35.5. The molecule has 0 aliphatic heterocycles. The van der Waals surface area contributed by atoms with Crippen molar-refractivity contribution in [3.63, 3.8) is 0 Å². The van der Waals surface area contributed by atoms with Crippen molar-refractivity contribution in [1.29, 1.82) is 0 Å². The third-order valence-electron chi connectivity index (χ3n) is 3.09. The van der Waals surface area contributed by atoms with Crippen LogP contribution in [0.5, 0.6) is 11.5 Å². The van der Waals surface area contributed by atoms with E-state index in [0.29, 0.717) is 6.07 Å². The van der Waals surface area contributed by atoms with Gasteiger partial charge in [-0.05, 0) is 30.3 Å². The van der Waals surface area contributed by atoms with Gasteiger partial charge in [-0.1, -0.05) is 11.6 Å². The van der Waals surface area contributed by atoms with E-state index in [4.69, 9.17) is 16.7 Å². The van der Waals surface area contributed by atoms with Crippen LogP contribution >= 0.6 is 11.6 Å². The highest BCUT2D eigenvalue weighted by Gasteiger charge is 2.33. The molecule has 0 aliphatic carbocycles. The van der Waals surface area contributed by atoms with Crippen molar-refractivity contribution in [3.8, 4) is 11.5 Å². The van der Waals surface area contributed by atoms with Crippen molar-refractivity contribution in [1.82, 2.24) is 0 Å². The fourth-order valence-corrected chi connectivity index (χ4v) is 2.14. The van der Waals surface area contributed by atoms with Crippen LogP contribution < -0.4 is 5.32 Å². The molecule has 0 atom stereocenters. The van der Waals surface area contributed by atoms with E-state index in [1.165, 1.54) is 0 Å². The van der Waals surface area contributed by atoms with Crippen molar-refractivity contribution < 1.29 is 37.7 Å². The van der Waals surface area contributed by atoms with Crippen LogP contribution in [0.15, 0.2) is 36.4 Å². The number of anilines is 1. The van der Waals surface area contributed by atoms with Gasteiger partial charge in [0.05, 0.1) is 10.6 Å². The summed E-state index contributed by atoms with van der Waals surface area (Å²) in [6.07, 6.45) is -4.69. The summed E-state index contributed by atoms with van der Waals surface area (Å²) in [6, 6.07) is 5.89. The summed E-state index contributed by atoms with van der Waals surface area (Å²) in [5, 5.41) is 20.3.